The molecule has 0 radical (unpaired) electrons. The Labute approximate surface area is 197 Å². The summed E-state index contributed by atoms with van der Waals surface area (Å²) in [5, 5.41) is 12.8. The molecule has 7 amide bonds. The van der Waals surface area contributed by atoms with Gasteiger partial charge in [0.25, 0.3) is 0 Å². The number of urea groups is 3. The van der Waals surface area contributed by atoms with E-state index in [4.69, 9.17) is 20.9 Å². The lowest BCUT2D eigenvalue weighted by molar-refractivity contribution is -0.0316. The Morgan fingerprint density at radius 2 is 1.97 bits per heavy atom. The highest BCUT2D eigenvalue weighted by Gasteiger charge is 2.54. The van der Waals surface area contributed by atoms with Crippen LogP contribution in [0, 0.1) is 0 Å². The monoisotopic (exact) mass is 518 g/mol. The molecule has 2 aliphatic rings. The number of aromatic nitrogens is 2. The number of nitrogens with zero attached hydrogens (tertiary/aromatic N) is 6. The van der Waals surface area contributed by atoms with E-state index in [1.54, 1.807) is 0 Å². The molecule has 192 valence electrons. The summed E-state index contributed by atoms with van der Waals surface area (Å²) in [6.45, 7) is -0.230. The third kappa shape index (κ3) is 5.33. The number of rotatable bonds is 7. The number of primary amides is 2. The van der Waals surface area contributed by atoms with Crippen molar-refractivity contribution in [3.8, 4) is 0 Å². The van der Waals surface area contributed by atoms with Crippen LogP contribution in [0.1, 0.15) is 23.3 Å². The van der Waals surface area contributed by atoms with Gasteiger partial charge in [-0.25, -0.2) is 19.2 Å². The molecule has 20 heteroatoms. The highest BCUT2D eigenvalue weighted by molar-refractivity contribution is 7.80. The molecule has 1 aromatic heterocycles. The maximum Gasteiger partial charge on any atom is 0.433 e. The number of amidine groups is 1. The first-order chi connectivity index (χ1) is 16.3. The average Bonchev–Trinajstić information content (AvgIpc) is 3.26. The third-order valence-electron chi connectivity index (χ3n) is 5.04. The Morgan fingerprint density at radius 3 is 2.57 bits per heavy atom. The molecule has 0 aromatic carbocycles. The van der Waals surface area contributed by atoms with Crippen LogP contribution in [0.15, 0.2) is 11.4 Å². The van der Waals surface area contributed by atoms with Crippen molar-refractivity contribution in [1.29, 1.82) is 0 Å². The van der Waals surface area contributed by atoms with E-state index in [9.17, 15) is 27.6 Å². The second-order valence-corrected chi connectivity index (χ2v) is 8.24. The Balaban J connectivity index is 1.95. The van der Waals surface area contributed by atoms with Crippen molar-refractivity contribution in [2.45, 2.75) is 12.1 Å². The molecule has 0 saturated carbocycles. The van der Waals surface area contributed by atoms with Gasteiger partial charge >= 0.3 is 34.6 Å². The van der Waals surface area contributed by atoms with Crippen molar-refractivity contribution in [3.63, 3.8) is 0 Å². The lowest BCUT2D eigenvalue weighted by Gasteiger charge is -2.33. The van der Waals surface area contributed by atoms with Gasteiger partial charge in [-0.2, -0.15) is 18.6 Å². The Kier molecular flexibility index (Phi) is 6.98. The van der Waals surface area contributed by atoms with E-state index in [0.29, 0.717) is 10.6 Å². The predicted molar refractivity (Wildman–Crippen MR) is 112 cm³/mol. The fourth-order valence-corrected chi connectivity index (χ4v) is 3.94. The molecule has 2 atom stereocenters. The van der Waals surface area contributed by atoms with Crippen LogP contribution in [0.5, 0.6) is 0 Å². The number of carbonyl (C=O) groups is 4. The number of fused-ring (bicyclic) bond motifs is 4. The highest BCUT2D eigenvalue weighted by atomic mass is 32.3. The van der Waals surface area contributed by atoms with E-state index in [2.05, 4.69) is 25.2 Å². The summed E-state index contributed by atoms with van der Waals surface area (Å²) >= 11 is 0. The Hall–Kier alpha value is -4.17. The van der Waals surface area contributed by atoms with Gasteiger partial charge in [-0.15, -0.1) is 4.28 Å². The first kappa shape index (κ1) is 25.5. The molecule has 1 saturated heterocycles. The average molecular weight is 518 g/mol. The van der Waals surface area contributed by atoms with Gasteiger partial charge in [-0.05, 0) is 0 Å². The number of hydrogen-bond acceptors (Lipinski definition) is 10. The second-order valence-electron chi connectivity index (χ2n) is 7.23. The van der Waals surface area contributed by atoms with Crippen LogP contribution in [0.25, 0.3) is 0 Å². The summed E-state index contributed by atoms with van der Waals surface area (Å²) in [4.78, 5) is 54.3. The van der Waals surface area contributed by atoms with Crippen LogP contribution in [0.3, 0.4) is 0 Å². The number of amides is 7. The second kappa shape index (κ2) is 9.60. The van der Waals surface area contributed by atoms with E-state index >= 15 is 0 Å². The van der Waals surface area contributed by atoms with Gasteiger partial charge in [0.2, 0.25) is 0 Å². The van der Waals surface area contributed by atoms with E-state index in [0.717, 1.165) is 9.80 Å². The third-order valence-corrected chi connectivity index (χ3v) is 5.39. The topological polar surface area (TPSA) is 257 Å². The number of nitrogens with two attached hydrogens (primary N) is 2. The summed E-state index contributed by atoms with van der Waals surface area (Å²) in [6, 6.07) is -5.04. The molecule has 3 rings (SSSR count). The van der Waals surface area contributed by atoms with Crippen molar-refractivity contribution in [1.82, 2.24) is 35.3 Å². The minimum atomic E-state index is -5.06. The standard InChI is InChI=1S/C15H22N10O9S/c1-22(13(17)27)11(21-33-14(28)19-4-3-18-12(16)26)10-9-7(5-20-23(9)2)8-6-24(10)15(29)25(8)34-35(30,31)32/h5,8,10H,3-4,6H2,1-2H3,(H2,17,27)(H,19,28)(H3,16,18,26)(H,30,31,32)/b21-11-/t8-,10-/m0/s1. The number of oxime groups is 1. The zero-order chi connectivity index (χ0) is 26.1. The van der Waals surface area contributed by atoms with Crippen molar-refractivity contribution in [2.75, 3.05) is 26.7 Å². The molecular weight excluding hydrogens is 496 g/mol. The molecule has 0 aliphatic carbocycles. The summed E-state index contributed by atoms with van der Waals surface area (Å²) in [6.07, 6.45) is 0.263. The fourth-order valence-electron chi connectivity index (χ4n) is 3.57. The zero-order valence-electron chi connectivity index (χ0n) is 18.3. The first-order valence-corrected chi connectivity index (χ1v) is 11.1. The van der Waals surface area contributed by atoms with Gasteiger partial charge in [0.15, 0.2) is 5.84 Å². The number of hydroxylamine groups is 2. The molecule has 1 aromatic rings. The van der Waals surface area contributed by atoms with Crippen LogP contribution in [-0.2, 0) is 26.6 Å². The lowest BCUT2D eigenvalue weighted by Crippen LogP contribution is -2.48. The van der Waals surface area contributed by atoms with Crippen molar-refractivity contribution in [3.05, 3.63) is 17.5 Å². The van der Waals surface area contributed by atoms with E-state index < -0.39 is 46.7 Å². The first-order valence-electron chi connectivity index (χ1n) is 9.69. The number of likely N-dealkylation sites (N-methyl/N-ethyl adjacent to an activating group) is 1. The molecule has 19 nitrogen and oxygen atoms in total. The normalized spacial score (nSPS) is 19.3. The smallest absolute Gasteiger partial charge is 0.352 e. The van der Waals surface area contributed by atoms with E-state index in [1.807, 2.05) is 0 Å². The number of carbonyl (C=O) groups excluding carboxylic acids is 4. The predicted octanol–water partition coefficient (Wildman–Crippen LogP) is -2.29. The number of nitrogens with one attached hydrogen (secondary N) is 2. The number of hydrogen-bond donors (Lipinski definition) is 5. The van der Waals surface area contributed by atoms with Crippen LogP contribution in [0.2, 0.25) is 0 Å². The largest absolute Gasteiger partial charge is 0.433 e. The minimum absolute atomic E-state index is 0.00351. The van der Waals surface area contributed by atoms with Crippen LogP contribution in [0.4, 0.5) is 19.2 Å². The molecule has 3 heterocycles. The maximum absolute atomic E-state index is 13.0. The van der Waals surface area contributed by atoms with Gasteiger partial charge in [0, 0.05) is 32.7 Å². The lowest BCUT2D eigenvalue weighted by atomic mass is 9.97. The van der Waals surface area contributed by atoms with Crippen LogP contribution in [-0.4, -0.2) is 94.3 Å². The van der Waals surface area contributed by atoms with Gasteiger partial charge < -0.3 is 27.0 Å². The van der Waals surface area contributed by atoms with Gasteiger partial charge in [0.05, 0.1) is 18.4 Å². The summed E-state index contributed by atoms with van der Waals surface area (Å²) in [7, 11) is -2.34. The summed E-state index contributed by atoms with van der Waals surface area (Å²) < 4.78 is 37.5. The zero-order valence-corrected chi connectivity index (χ0v) is 19.1. The fraction of sp³-hybridized carbons (Fsp3) is 0.467. The van der Waals surface area contributed by atoms with Gasteiger partial charge in [0.1, 0.15) is 12.1 Å². The molecule has 1 fully saturated rings. The van der Waals surface area contributed by atoms with Crippen LogP contribution >= 0.6 is 0 Å². The molecule has 0 spiro atoms. The van der Waals surface area contributed by atoms with Crippen molar-refractivity contribution in [2.24, 2.45) is 23.7 Å². The summed E-state index contributed by atoms with van der Waals surface area (Å²) in [5.74, 6) is -0.326. The summed E-state index contributed by atoms with van der Waals surface area (Å²) in [5.41, 5.74) is 10.9. The van der Waals surface area contributed by atoms with E-state index in [1.165, 1.54) is 25.0 Å². The van der Waals surface area contributed by atoms with Crippen molar-refractivity contribution >= 4 is 40.4 Å². The Bertz CT molecular complexity index is 1180. The van der Waals surface area contributed by atoms with E-state index in [-0.39, 0.29) is 31.2 Å². The minimum Gasteiger partial charge on any atom is -0.352 e. The Morgan fingerprint density at radius 1 is 1.31 bits per heavy atom. The molecule has 35 heavy (non-hydrogen) atoms. The molecule has 2 bridgehead atoms. The van der Waals surface area contributed by atoms with Gasteiger partial charge in [-0.3, -0.25) is 19.0 Å². The molecule has 2 aliphatic heterocycles. The maximum atomic E-state index is 13.0. The van der Waals surface area contributed by atoms with Gasteiger partial charge in [-0.1, -0.05) is 5.16 Å². The SMILES string of the molecule is CN(C(N)=O)/C(=N\OC(=O)NCCNC(N)=O)[C@@H]1c2c(cnn2C)[C@@H]2CN1C(=O)N2OS(=O)(=O)O. The molecule has 0 unspecified atom stereocenters. The quantitative estimate of drug-likeness (QED) is 0.0644. The molecule has 7 N–H and O–H groups in total. The highest BCUT2D eigenvalue weighted by Crippen LogP contribution is 2.44. The van der Waals surface area contributed by atoms with Crippen molar-refractivity contribution < 1.29 is 41.3 Å². The molecular formula is C15H22N10O9S. The number of aryl methyl sites for hydroxylation is 1. The van der Waals surface area contributed by atoms with Crippen LogP contribution < -0.4 is 22.1 Å².